The summed E-state index contributed by atoms with van der Waals surface area (Å²) < 4.78 is 10.2. The van der Waals surface area contributed by atoms with Crippen LogP contribution in [0.3, 0.4) is 0 Å². The maximum absolute atomic E-state index is 9.75. The molecule has 0 radical (unpaired) electrons. The number of methoxy groups -OCH3 is 2. The summed E-state index contributed by atoms with van der Waals surface area (Å²) in [6.45, 7) is 0.912. The Morgan fingerprint density at radius 2 is 1.22 bits per heavy atom. The van der Waals surface area contributed by atoms with Crippen LogP contribution in [-0.4, -0.2) is 50.0 Å². The summed E-state index contributed by atoms with van der Waals surface area (Å²) >= 11 is -0.826. The Labute approximate surface area is 177 Å². The zero-order valence-electron chi connectivity index (χ0n) is 14.9. The maximum atomic E-state index is 9.75. The van der Waals surface area contributed by atoms with Gasteiger partial charge in [0, 0.05) is 23.6 Å². The van der Waals surface area contributed by atoms with Crippen LogP contribution in [0.4, 0.5) is 0 Å². The molecule has 0 spiro atoms. The van der Waals surface area contributed by atoms with Crippen molar-refractivity contribution in [1.82, 2.24) is 0 Å². The Morgan fingerprint density at radius 1 is 0.852 bits per heavy atom. The number of nitrogens with zero attached hydrogens (tertiary/aromatic N) is 2. The van der Waals surface area contributed by atoms with E-state index in [1.54, 1.807) is 63.0 Å². The van der Waals surface area contributed by atoms with Crippen LogP contribution < -0.4 is 9.47 Å². The van der Waals surface area contributed by atoms with E-state index in [-0.39, 0.29) is 11.5 Å². The number of halogens is 2. The summed E-state index contributed by atoms with van der Waals surface area (Å²) in [5.74, 6) is 1.59. The molecule has 0 fully saturated rings. The SMILES string of the molecule is COc1ccc(O)c(C=NCCN=Cc2cc(OC)ccc2O)c1.[Cl][Zr][Cl]. The molecule has 0 bridgehead atoms. The van der Waals surface area contributed by atoms with Crippen molar-refractivity contribution in [2.45, 2.75) is 0 Å². The molecule has 2 aromatic rings. The molecule has 2 N–H and O–H groups in total. The molecular formula is C18H20Cl2N2O4Zr. The average molecular weight is 490 g/mol. The van der Waals surface area contributed by atoms with Gasteiger partial charge < -0.3 is 19.7 Å². The summed E-state index contributed by atoms with van der Waals surface area (Å²) in [6, 6.07) is 9.88. The monoisotopic (exact) mass is 488 g/mol. The van der Waals surface area contributed by atoms with E-state index in [0.29, 0.717) is 35.7 Å². The Hall–Kier alpha value is -1.56. The second kappa shape index (κ2) is 13.6. The molecule has 0 saturated heterocycles. The van der Waals surface area contributed by atoms with Crippen molar-refractivity contribution in [2.75, 3.05) is 27.3 Å². The minimum absolute atomic E-state index is 0.143. The Balaban J connectivity index is 0.00000114. The Morgan fingerprint density at radius 3 is 1.56 bits per heavy atom. The van der Waals surface area contributed by atoms with Gasteiger partial charge in [0.05, 0.1) is 27.3 Å². The second-order valence-corrected chi connectivity index (χ2v) is 8.72. The van der Waals surface area contributed by atoms with E-state index >= 15 is 0 Å². The molecule has 0 aliphatic heterocycles. The van der Waals surface area contributed by atoms with Gasteiger partial charge in [0.2, 0.25) is 0 Å². The van der Waals surface area contributed by atoms with E-state index < -0.39 is 20.8 Å². The third-order valence-electron chi connectivity index (χ3n) is 3.29. The number of ether oxygens (including phenoxy) is 2. The van der Waals surface area contributed by atoms with Crippen LogP contribution in [0.25, 0.3) is 0 Å². The second-order valence-electron chi connectivity index (χ2n) is 4.99. The van der Waals surface area contributed by atoms with E-state index in [0.717, 1.165) is 0 Å². The van der Waals surface area contributed by atoms with Gasteiger partial charge in [-0.2, -0.15) is 0 Å². The van der Waals surface area contributed by atoms with Gasteiger partial charge in [0.25, 0.3) is 0 Å². The van der Waals surface area contributed by atoms with E-state index in [1.165, 1.54) is 0 Å². The van der Waals surface area contributed by atoms with E-state index in [9.17, 15) is 10.2 Å². The molecule has 27 heavy (non-hydrogen) atoms. The number of rotatable bonds is 7. The molecule has 0 atom stereocenters. The van der Waals surface area contributed by atoms with Crippen molar-refractivity contribution in [3.63, 3.8) is 0 Å². The zero-order valence-corrected chi connectivity index (χ0v) is 18.9. The van der Waals surface area contributed by atoms with Gasteiger partial charge in [0.1, 0.15) is 23.0 Å². The number of hydrogen-bond donors (Lipinski definition) is 2. The molecule has 0 aliphatic carbocycles. The number of benzene rings is 2. The molecule has 0 aromatic heterocycles. The molecule has 6 nitrogen and oxygen atoms in total. The predicted octanol–water partition coefficient (Wildman–Crippen LogP) is 4.03. The normalized spacial score (nSPS) is 10.5. The van der Waals surface area contributed by atoms with Gasteiger partial charge in [0.15, 0.2) is 0 Å². The van der Waals surface area contributed by atoms with E-state index in [4.69, 9.17) is 26.5 Å². The molecule has 2 aromatic carbocycles. The van der Waals surface area contributed by atoms with Gasteiger partial charge in [-0.15, -0.1) is 0 Å². The molecule has 0 aliphatic rings. The third kappa shape index (κ3) is 8.78. The van der Waals surface area contributed by atoms with Gasteiger partial charge in [-0.05, 0) is 36.4 Å². The number of aliphatic imine (C=N–C) groups is 2. The van der Waals surface area contributed by atoms with Crippen molar-refractivity contribution in [1.29, 1.82) is 0 Å². The molecule has 0 saturated carbocycles. The summed E-state index contributed by atoms with van der Waals surface area (Å²) in [4.78, 5) is 8.45. The number of phenolic OH excluding ortho intramolecular Hbond substituents is 2. The van der Waals surface area contributed by atoms with Gasteiger partial charge >= 0.3 is 37.9 Å². The fourth-order valence-electron chi connectivity index (χ4n) is 1.97. The molecule has 0 unspecified atom stereocenters. The van der Waals surface area contributed by atoms with Crippen molar-refractivity contribution in [3.8, 4) is 23.0 Å². The summed E-state index contributed by atoms with van der Waals surface area (Å²) in [7, 11) is 13.0. The van der Waals surface area contributed by atoms with Crippen LogP contribution >= 0.6 is 17.0 Å². The first kappa shape index (κ1) is 23.5. The van der Waals surface area contributed by atoms with Gasteiger partial charge in [-0.1, -0.05) is 0 Å². The third-order valence-corrected chi connectivity index (χ3v) is 3.29. The van der Waals surface area contributed by atoms with Crippen molar-refractivity contribution >= 4 is 29.5 Å². The fourth-order valence-corrected chi connectivity index (χ4v) is 1.97. The van der Waals surface area contributed by atoms with Crippen LogP contribution in [0, 0.1) is 0 Å². The van der Waals surface area contributed by atoms with Crippen LogP contribution in [0.15, 0.2) is 46.4 Å². The zero-order chi connectivity index (χ0) is 20.1. The topological polar surface area (TPSA) is 83.6 Å². The van der Waals surface area contributed by atoms with Crippen molar-refractivity contribution in [2.24, 2.45) is 9.98 Å². The van der Waals surface area contributed by atoms with Crippen LogP contribution in [0.5, 0.6) is 23.0 Å². The molecule has 144 valence electrons. The molecule has 0 heterocycles. The predicted molar refractivity (Wildman–Crippen MR) is 106 cm³/mol. The molecule has 2 rings (SSSR count). The fraction of sp³-hybridized carbons (Fsp3) is 0.222. The summed E-state index contributed by atoms with van der Waals surface area (Å²) in [5, 5.41) is 19.5. The van der Waals surface area contributed by atoms with Gasteiger partial charge in [-0.3, -0.25) is 9.98 Å². The summed E-state index contributed by atoms with van der Waals surface area (Å²) in [5.41, 5.74) is 1.17. The van der Waals surface area contributed by atoms with Crippen molar-refractivity contribution < 1.29 is 40.5 Å². The first-order valence-corrected chi connectivity index (χ1v) is 14.1. The quantitative estimate of drug-likeness (QED) is 0.454. The van der Waals surface area contributed by atoms with Crippen LogP contribution in [0.1, 0.15) is 11.1 Å². The molecule has 9 heteroatoms. The minimum atomic E-state index is -0.826. The summed E-state index contributed by atoms with van der Waals surface area (Å²) in [6.07, 6.45) is 3.16. The Kier molecular flexibility index (Phi) is 11.8. The first-order valence-electron chi connectivity index (χ1n) is 7.75. The molecule has 0 amide bonds. The van der Waals surface area contributed by atoms with Crippen LogP contribution in [-0.2, 0) is 20.8 Å². The molecular weight excluding hydrogens is 470 g/mol. The van der Waals surface area contributed by atoms with E-state index in [1.807, 2.05) is 0 Å². The standard InChI is InChI=1S/C18H20N2O4.2ClH.Zr/c1-23-15-3-5-17(21)13(9-15)11-19-7-8-20-12-14-10-16(24-2)4-6-18(14)22;;;/h3-6,9-12,21-22H,7-8H2,1-2H3;2*1H;/q;;;+2/p-2. The Bertz CT molecular complexity index is 710. The van der Waals surface area contributed by atoms with Crippen molar-refractivity contribution in [3.05, 3.63) is 47.5 Å². The van der Waals surface area contributed by atoms with Crippen LogP contribution in [0.2, 0.25) is 0 Å². The number of hydrogen-bond acceptors (Lipinski definition) is 6. The first-order chi connectivity index (χ1) is 13.0. The van der Waals surface area contributed by atoms with E-state index in [2.05, 4.69) is 9.98 Å². The average Bonchev–Trinajstić information content (AvgIpc) is 2.67. The number of aromatic hydroxyl groups is 2. The van der Waals surface area contributed by atoms with Gasteiger partial charge in [-0.25, -0.2) is 0 Å². The number of phenols is 2.